The molecule has 0 saturated heterocycles. The van der Waals surface area contributed by atoms with E-state index in [1.807, 2.05) is 44.2 Å². The van der Waals surface area contributed by atoms with Gasteiger partial charge in [0.15, 0.2) is 5.60 Å². The first kappa shape index (κ1) is 11.9. The van der Waals surface area contributed by atoms with E-state index in [0.29, 0.717) is 11.3 Å². The molecule has 1 aromatic rings. The Balaban J connectivity index is 2.46. The van der Waals surface area contributed by atoms with Crippen molar-refractivity contribution in [3.05, 3.63) is 41.7 Å². The zero-order chi connectivity index (χ0) is 12.6. The van der Waals surface area contributed by atoms with Crippen LogP contribution in [0.4, 0.5) is 0 Å². The zero-order valence-electron chi connectivity index (χ0n) is 10.2. The highest BCUT2D eigenvalue weighted by atomic mass is 16.5. The molecule has 3 nitrogen and oxygen atoms in total. The second kappa shape index (κ2) is 4.00. The number of carbonyl (C=O) groups is 1. The quantitative estimate of drug-likeness (QED) is 0.868. The second-order valence-electron chi connectivity index (χ2n) is 4.64. The van der Waals surface area contributed by atoms with Crippen LogP contribution in [-0.4, -0.2) is 22.6 Å². The molecule has 0 aromatic heterocycles. The number of rotatable bonds is 3. The molecule has 1 aliphatic carbocycles. The molecule has 1 atom stereocenters. The van der Waals surface area contributed by atoms with Crippen molar-refractivity contribution in [1.29, 1.82) is 0 Å². The summed E-state index contributed by atoms with van der Waals surface area (Å²) in [5, 5.41) is 9.99. The fraction of sp³-hybridized carbons (Fsp3) is 0.357. The molecule has 0 saturated carbocycles. The fourth-order valence-electron chi connectivity index (χ4n) is 1.91. The van der Waals surface area contributed by atoms with Crippen molar-refractivity contribution < 1.29 is 14.6 Å². The molecule has 1 aliphatic rings. The largest absolute Gasteiger partial charge is 0.491 e. The SMILES string of the molecule is CC(C)OC1=C(c2ccccc2)C(=O)[C@@]1(C)O. The van der Waals surface area contributed by atoms with Crippen LogP contribution in [0, 0.1) is 0 Å². The molecule has 0 aliphatic heterocycles. The minimum atomic E-state index is -1.48. The lowest BCUT2D eigenvalue weighted by molar-refractivity contribution is -0.135. The third-order valence-corrected chi connectivity index (χ3v) is 2.75. The summed E-state index contributed by atoms with van der Waals surface area (Å²) in [7, 11) is 0. The average Bonchev–Trinajstić information content (AvgIpc) is 2.29. The van der Waals surface area contributed by atoms with Crippen LogP contribution >= 0.6 is 0 Å². The van der Waals surface area contributed by atoms with Gasteiger partial charge in [-0.15, -0.1) is 0 Å². The highest BCUT2D eigenvalue weighted by Crippen LogP contribution is 2.41. The van der Waals surface area contributed by atoms with Crippen LogP contribution < -0.4 is 0 Å². The predicted octanol–water partition coefficient (Wildman–Crippen LogP) is 2.16. The van der Waals surface area contributed by atoms with Gasteiger partial charge >= 0.3 is 0 Å². The van der Waals surface area contributed by atoms with E-state index in [4.69, 9.17) is 4.74 Å². The van der Waals surface area contributed by atoms with Gasteiger partial charge in [-0.1, -0.05) is 30.3 Å². The Hall–Kier alpha value is -1.61. The van der Waals surface area contributed by atoms with Crippen LogP contribution in [0.1, 0.15) is 26.3 Å². The molecule has 0 fully saturated rings. The average molecular weight is 232 g/mol. The number of hydrogen-bond acceptors (Lipinski definition) is 3. The number of ketones is 1. The summed E-state index contributed by atoms with van der Waals surface area (Å²) >= 11 is 0. The van der Waals surface area contributed by atoms with Gasteiger partial charge in [-0.25, -0.2) is 0 Å². The van der Waals surface area contributed by atoms with Crippen molar-refractivity contribution in [2.45, 2.75) is 32.5 Å². The predicted molar refractivity (Wildman–Crippen MR) is 65.2 cm³/mol. The number of ether oxygens (including phenoxy) is 1. The first-order chi connectivity index (χ1) is 7.94. The molecular formula is C14H16O3. The molecule has 0 radical (unpaired) electrons. The molecule has 0 amide bonds. The van der Waals surface area contributed by atoms with E-state index >= 15 is 0 Å². The maximum atomic E-state index is 11.9. The van der Waals surface area contributed by atoms with Crippen molar-refractivity contribution in [2.75, 3.05) is 0 Å². The van der Waals surface area contributed by atoms with Gasteiger partial charge in [0.25, 0.3) is 0 Å². The van der Waals surface area contributed by atoms with E-state index in [1.165, 1.54) is 6.92 Å². The van der Waals surface area contributed by atoms with Gasteiger partial charge < -0.3 is 9.84 Å². The Morgan fingerprint density at radius 3 is 2.35 bits per heavy atom. The summed E-state index contributed by atoms with van der Waals surface area (Å²) in [5.74, 6) is 0.100. The van der Waals surface area contributed by atoms with Gasteiger partial charge in [0, 0.05) is 0 Å². The third kappa shape index (κ3) is 1.87. The van der Waals surface area contributed by atoms with Crippen LogP contribution in [0.3, 0.4) is 0 Å². The zero-order valence-corrected chi connectivity index (χ0v) is 10.2. The standard InChI is InChI=1S/C14H16O3/c1-9(2)17-13-11(12(15)14(13,3)16)10-7-5-4-6-8-10/h4-9,16H,1-3H3/t14-/m1/s1. The van der Waals surface area contributed by atoms with Crippen LogP contribution in [0.2, 0.25) is 0 Å². The number of carbonyl (C=O) groups excluding carboxylic acids is 1. The van der Waals surface area contributed by atoms with E-state index in [-0.39, 0.29) is 11.9 Å². The molecule has 2 rings (SSSR count). The first-order valence-corrected chi connectivity index (χ1v) is 5.68. The highest BCUT2D eigenvalue weighted by molar-refractivity contribution is 6.33. The molecule has 0 spiro atoms. The minimum Gasteiger partial charge on any atom is -0.491 e. The summed E-state index contributed by atoms with van der Waals surface area (Å²) in [6.07, 6.45) is -0.0664. The van der Waals surface area contributed by atoms with Crippen molar-refractivity contribution in [2.24, 2.45) is 0 Å². The van der Waals surface area contributed by atoms with Gasteiger partial charge in [0.05, 0.1) is 11.7 Å². The Bertz CT molecular complexity index is 470. The Kier molecular flexibility index (Phi) is 2.79. The molecule has 1 N–H and O–H groups in total. The number of hydrogen-bond donors (Lipinski definition) is 1. The van der Waals surface area contributed by atoms with Crippen molar-refractivity contribution in [1.82, 2.24) is 0 Å². The topological polar surface area (TPSA) is 46.5 Å². The second-order valence-corrected chi connectivity index (χ2v) is 4.64. The van der Waals surface area contributed by atoms with Crippen molar-refractivity contribution in [3.8, 4) is 0 Å². The highest BCUT2D eigenvalue weighted by Gasteiger charge is 2.51. The van der Waals surface area contributed by atoms with E-state index < -0.39 is 5.60 Å². The molecule has 17 heavy (non-hydrogen) atoms. The lowest BCUT2D eigenvalue weighted by Gasteiger charge is -2.37. The molecule has 0 bridgehead atoms. The first-order valence-electron chi connectivity index (χ1n) is 5.68. The van der Waals surface area contributed by atoms with Crippen LogP contribution in [0.25, 0.3) is 5.57 Å². The molecule has 0 unspecified atom stereocenters. The molecular weight excluding hydrogens is 216 g/mol. The van der Waals surface area contributed by atoms with E-state index in [2.05, 4.69) is 0 Å². The van der Waals surface area contributed by atoms with Crippen LogP contribution in [-0.2, 0) is 9.53 Å². The summed E-state index contributed by atoms with van der Waals surface area (Å²) in [4.78, 5) is 11.9. The lowest BCUT2D eigenvalue weighted by Crippen LogP contribution is -2.49. The van der Waals surface area contributed by atoms with Gasteiger partial charge in [-0.05, 0) is 26.3 Å². The van der Waals surface area contributed by atoms with Gasteiger partial charge in [-0.3, -0.25) is 4.79 Å². The molecule has 1 aromatic carbocycles. The van der Waals surface area contributed by atoms with Crippen LogP contribution in [0.15, 0.2) is 36.1 Å². The normalized spacial score (nSPS) is 23.9. The Morgan fingerprint density at radius 2 is 1.82 bits per heavy atom. The number of benzene rings is 1. The van der Waals surface area contributed by atoms with E-state index in [0.717, 1.165) is 5.56 Å². The van der Waals surface area contributed by atoms with Crippen molar-refractivity contribution >= 4 is 11.4 Å². The third-order valence-electron chi connectivity index (χ3n) is 2.75. The maximum absolute atomic E-state index is 11.9. The summed E-state index contributed by atoms with van der Waals surface area (Å²) in [6.45, 7) is 5.21. The van der Waals surface area contributed by atoms with Crippen LogP contribution in [0.5, 0.6) is 0 Å². The van der Waals surface area contributed by atoms with Gasteiger partial charge in [0.2, 0.25) is 5.78 Å². The van der Waals surface area contributed by atoms with E-state index in [9.17, 15) is 9.90 Å². The smallest absolute Gasteiger partial charge is 0.205 e. The Morgan fingerprint density at radius 1 is 1.24 bits per heavy atom. The summed E-state index contributed by atoms with van der Waals surface area (Å²) < 4.78 is 5.55. The van der Waals surface area contributed by atoms with E-state index in [1.54, 1.807) is 0 Å². The number of aliphatic hydroxyl groups is 1. The van der Waals surface area contributed by atoms with Gasteiger partial charge in [-0.2, -0.15) is 0 Å². The molecule has 3 heteroatoms. The minimum absolute atomic E-state index is 0.0664. The summed E-state index contributed by atoms with van der Waals surface area (Å²) in [5.41, 5.74) is -0.195. The Labute approximate surface area is 101 Å². The lowest BCUT2D eigenvalue weighted by atomic mass is 9.76. The number of Topliss-reactive ketones (excluding diaryl/α,β-unsaturated/α-hetero) is 1. The maximum Gasteiger partial charge on any atom is 0.205 e. The monoisotopic (exact) mass is 232 g/mol. The molecule has 0 heterocycles. The van der Waals surface area contributed by atoms with Gasteiger partial charge in [0.1, 0.15) is 5.76 Å². The van der Waals surface area contributed by atoms with Crippen molar-refractivity contribution in [3.63, 3.8) is 0 Å². The fourth-order valence-corrected chi connectivity index (χ4v) is 1.91. The molecule has 90 valence electrons. The summed E-state index contributed by atoms with van der Waals surface area (Å²) in [6, 6.07) is 9.28.